The van der Waals surface area contributed by atoms with Crippen LogP contribution in [0.5, 0.6) is 0 Å². The van der Waals surface area contributed by atoms with Gasteiger partial charge in [-0.25, -0.2) is 4.68 Å². The first kappa shape index (κ1) is 14.2. The number of aromatic nitrogens is 3. The largest absolute Gasteiger partial charge is 0.315 e. The van der Waals surface area contributed by atoms with Crippen molar-refractivity contribution < 1.29 is 0 Å². The Labute approximate surface area is 105 Å². The first-order valence-corrected chi connectivity index (χ1v) is 6.29. The topological polar surface area (TPSA) is 42.7 Å². The number of rotatable bonds is 5. The minimum atomic E-state index is -0.0351. The van der Waals surface area contributed by atoms with Crippen LogP contribution in [0.4, 0.5) is 0 Å². The minimum absolute atomic E-state index is 0.0351. The van der Waals surface area contributed by atoms with Crippen LogP contribution in [0.25, 0.3) is 0 Å². The van der Waals surface area contributed by atoms with Gasteiger partial charge in [0.05, 0.1) is 11.2 Å². The molecule has 1 aromatic rings. The van der Waals surface area contributed by atoms with Gasteiger partial charge in [-0.15, -0.1) is 5.10 Å². The zero-order valence-electron chi connectivity index (χ0n) is 12.2. The SMILES string of the molecule is CNC(C)(C)CC(C)(C)n1cc(C(C)C)nn1. The molecule has 0 saturated heterocycles. The molecule has 1 rings (SSSR count). The fourth-order valence-electron chi connectivity index (χ4n) is 2.09. The summed E-state index contributed by atoms with van der Waals surface area (Å²) in [6.07, 6.45) is 3.06. The van der Waals surface area contributed by atoms with E-state index in [1.54, 1.807) is 0 Å². The predicted molar refractivity (Wildman–Crippen MR) is 71.2 cm³/mol. The zero-order chi connectivity index (χ0) is 13.3. The highest BCUT2D eigenvalue weighted by Crippen LogP contribution is 2.26. The predicted octanol–water partition coefficient (Wildman–Crippen LogP) is 2.52. The summed E-state index contributed by atoms with van der Waals surface area (Å²) in [7, 11) is 2.00. The van der Waals surface area contributed by atoms with Crippen molar-refractivity contribution >= 4 is 0 Å². The van der Waals surface area contributed by atoms with E-state index in [1.165, 1.54) is 0 Å². The van der Waals surface area contributed by atoms with Gasteiger partial charge in [-0.3, -0.25) is 0 Å². The van der Waals surface area contributed by atoms with Gasteiger partial charge in [0.15, 0.2) is 0 Å². The maximum atomic E-state index is 4.27. The van der Waals surface area contributed by atoms with Crippen molar-refractivity contribution in [1.29, 1.82) is 0 Å². The number of hydrogen-bond acceptors (Lipinski definition) is 3. The molecule has 0 fully saturated rings. The van der Waals surface area contributed by atoms with Crippen LogP contribution in [-0.2, 0) is 5.54 Å². The van der Waals surface area contributed by atoms with E-state index < -0.39 is 0 Å². The molecule has 0 aromatic carbocycles. The van der Waals surface area contributed by atoms with Crippen LogP contribution in [0.1, 0.15) is 59.6 Å². The molecular weight excluding hydrogens is 212 g/mol. The lowest BCUT2D eigenvalue weighted by molar-refractivity contribution is 0.212. The van der Waals surface area contributed by atoms with Gasteiger partial charge in [-0.1, -0.05) is 19.1 Å². The van der Waals surface area contributed by atoms with E-state index >= 15 is 0 Å². The highest BCUT2D eigenvalue weighted by Gasteiger charge is 2.30. The number of nitrogens with one attached hydrogen (secondary N) is 1. The fourth-order valence-corrected chi connectivity index (χ4v) is 2.09. The molecule has 4 heteroatoms. The van der Waals surface area contributed by atoms with E-state index in [9.17, 15) is 0 Å². The lowest BCUT2D eigenvalue weighted by Crippen LogP contribution is -2.44. The van der Waals surface area contributed by atoms with Gasteiger partial charge in [0.1, 0.15) is 0 Å². The second kappa shape index (κ2) is 4.77. The molecule has 0 aliphatic heterocycles. The molecule has 0 amide bonds. The van der Waals surface area contributed by atoms with Crippen molar-refractivity contribution in [3.05, 3.63) is 11.9 Å². The molecule has 98 valence electrons. The Kier molecular flexibility index (Phi) is 3.97. The molecule has 0 spiro atoms. The van der Waals surface area contributed by atoms with Crippen molar-refractivity contribution in [3.63, 3.8) is 0 Å². The van der Waals surface area contributed by atoms with Crippen LogP contribution < -0.4 is 5.32 Å². The van der Waals surface area contributed by atoms with E-state index in [-0.39, 0.29) is 11.1 Å². The van der Waals surface area contributed by atoms with Crippen molar-refractivity contribution in [1.82, 2.24) is 20.3 Å². The Bertz CT molecular complexity index is 363. The van der Waals surface area contributed by atoms with Gasteiger partial charge >= 0.3 is 0 Å². The summed E-state index contributed by atoms with van der Waals surface area (Å²) in [5.74, 6) is 0.428. The molecule has 1 aromatic heterocycles. The van der Waals surface area contributed by atoms with Gasteiger partial charge in [-0.05, 0) is 47.1 Å². The average Bonchev–Trinajstić information content (AvgIpc) is 2.65. The number of nitrogens with zero attached hydrogens (tertiary/aromatic N) is 3. The van der Waals surface area contributed by atoms with Crippen LogP contribution in [0.15, 0.2) is 6.20 Å². The molecule has 1 heterocycles. The van der Waals surface area contributed by atoms with Crippen LogP contribution in [0, 0.1) is 0 Å². The molecule has 0 aliphatic rings. The van der Waals surface area contributed by atoms with Gasteiger partial charge in [-0.2, -0.15) is 0 Å². The molecule has 0 aliphatic carbocycles. The average molecular weight is 238 g/mol. The van der Waals surface area contributed by atoms with E-state index in [4.69, 9.17) is 0 Å². The van der Waals surface area contributed by atoms with Crippen LogP contribution >= 0.6 is 0 Å². The molecule has 0 atom stereocenters. The summed E-state index contributed by atoms with van der Waals surface area (Å²) in [6.45, 7) is 13.1. The van der Waals surface area contributed by atoms with Crippen molar-refractivity contribution in [2.45, 2.75) is 65.0 Å². The van der Waals surface area contributed by atoms with E-state index in [2.05, 4.69) is 63.4 Å². The smallest absolute Gasteiger partial charge is 0.0852 e. The normalized spacial score (nSPS) is 13.4. The van der Waals surface area contributed by atoms with Gasteiger partial charge in [0.25, 0.3) is 0 Å². The fraction of sp³-hybridized carbons (Fsp3) is 0.846. The molecule has 1 N–H and O–H groups in total. The summed E-state index contributed by atoms with van der Waals surface area (Å²) < 4.78 is 1.99. The van der Waals surface area contributed by atoms with Gasteiger partial charge in [0.2, 0.25) is 0 Å². The van der Waals surface area contributed by atoms with Crippen molar-refractivity contribution in [2.75, 3.05) is 7.05 Å². The Balaban J connectivity index is 2.89. The quantitative estimate of drug-likeness (QED) is 0.857. The second-order valence-electron chi connectivity index (χ2n) is 6.37. The Hall–Kier alpha value is -0.900. The summed E-state index contributed by atoms with van der Waals surface area (Å²) >= 11 is 0. The lowest BCUT2D eigenvalue weighted by atomic mass is 9.87. The molecule has 0 unspecified atom stereocenters. The zero-order valence-corrected chi connectivity index (χ0v) is 12.2. The maximum Gasteiger partial charge on any atom is 0.0852 e. The van der Waals surface area contributed by atoms with Crippen LogP contribution in [0.3, 0.4) is 0 Å². The Morgan fingerprint density at radius 3 is 2.29 bits per heavy atom. The third kappa shape index (κ3) is 3.53. The summed E-state index contributed by atoms with van der Waals surface area (Å²) in [5, 5.41) is 11.8. The molecule has 0 saturated carbocycles. The Morgan fingerprint density at radius 1 is 1.29 bits per heavy atom. The van der Waals surface area contributed by atoms with Gasteiger partial charge < -0.3 is 5.32 Å². The van der Waals surface area contributed by atoms with Crippen LogP contribution in [0.2, 0.25) is 0 Å². The van der Waals surface area contributed by atoms with Crippen LogP contribution in [-0.4, -0.2) is 27.6 Å². The number of hydrogen-bond donors (Lipinski definition) is 1. The summed E-state index contributed by atoms with van der Waals surface area (Å²) in [6, 6.07) is 0. The molecule has 17 heavy (non-hydrogen) atoms. The standard InChI is InChI=1S/C13H26N4/c1-10(2)11-8-17(16-15-11)13(5,6)9-12(3,4)14-7/h8,10,14H,9H2,1-7H3. The van der Waals surface area contributed by atoms with Crippen molar-refractivity contribution in [3.8, 4) is 0 Å². The van der Waals surface area contributed by atoms with Gasteiger partial charge in [0, 0.05) is 11.7 Å². The minimum Gasteiger partial charge on any atom is -0.315 e. The third-order valence-corrected chi connectivity index (χ3v) is 3.27. The van der Waals surface area contributed by atoms with E-state index in [0.717, 1.165) is 12.1 Å². The monoisotopic (exact) mass is 238 g/mol. The second-order valence-corrected chi connectivity index (χ2v) is 6.37. The lowest BCUT2D eigenvalue weighted by Gasteiger charge is -2.34. The first-order chi connectivity index (χ1) is 7.68. The summed E-state index contributed by atoms with van der Waals surface area (Å²) in [4.78, 5) is 0. The van der Waals surface area contributed by atoms with E-state index in [1.807, 2.05) is 11.7 Å². The molecule has 4 nitrogen and oxygen atoms in total. The van der Waals surface area contributed by atoms with E-state index in [0.29, 0.717) is 5.92 Å². The van der Waals surface area contributed by atoms with Crippen molar-refractivity contribution in [2.24, 2.45) is 0 Å². The molecular formula is C13H26N4. The molecule has 0 bridgehead atoms. The Morgan fingerprint density at radius 2 is 1.88 bits per heavy atom. The third-order valence-electron chi connectivity index (χ3n) is 3.27. The highest BCUT2D eigenvalue weighted by atomic mass is 15.4. The molecule has 0 radical (unpaired) electrons. The highest BCUT2D eigenvalue weighted by molar-refractivity contribution is 5.01. The summed E-state index contributed by atoms with van der Waals surface area (Å²) in [5.41, 5.74) is 1.11. The first-order valence-electron chi connectivity index (χ1n) is 6.29. The maximum absolute atomic E-state index is 4.27.